The van der Waals surface area contributed by atoms with E-state index >= 15 is 0 Å². The molecule has 0 aromatic heterocycles. The highest BCUT2D eigenvalue weighted by molar-refractivity contribution is 7.89. The molecule has 2 N–H and O–H groups in total. The van der Waals surface area contributed by atoms with Gasteiger partial charge in [-0.05, 0) is 69.3 Å². The van der Waals surface area contributed by atoms with E-state index in [2.05, 4.69) is 16.1 Å². The lowest BCUT2D eigenvalue weighted by molar-refractivity contribution is 0.248. The van der Waals surface area contributed by atoms with Crippen LogP contribution < -0.4 is 10.0 Å². The molecular formula is C16H26N2O2S. The van der Waals surface area contributed by atoms with Gasteiger partial charge < -0.3 is 5.32 Å². The molecule has 1 aromatic rings. The number of aryl methyl sites for hydroxylation is 1. The molecule has 1 fully saturated rings. The van der Waals surface area contributed by atoms with Gasteiger partial charge in [-0.3, -0.25) is 0 Å². The van der Waals surface area contributed by atoms with Crippen molar-refractivity contribution >= 4 is 10.0 Å². The molecule has 0 heterocycles. The number of hydrogen-bond acceptors (Lipinski definition) is 3. The Morgan fingerprint density at radius 3 is 2.43 bits per heavy atom. The molecule has 0 atom stereocenters. The topological polar surface area (TPSA) is 58.2 Å². The number of hydrogen-bond donors (Lipinski definition) is 2. The van der Waals surface area contributed by atoms with E-state index in [9.17, 15) is 8.42 Å². The average Bonchev–Trinajstić information content (AvgIpc) is 2.37. The molecule has 5 heteroatoms. The normalized spacial score (nSPS) is 17.5. The van der Waals surface area contributed by atoms with Gasteiger partial charge in [-0.15, -0.1) is 0 Å². The summed E-state index contributed by atoms with van der Waals surface area (Å²) >= 11 is 0. The second kappa shape index (κ2) is 6.07. The van der Waals surface area contributed by atoms with Crippen LogP contribution in [0.2, 0.25) is 0 Å². The first kappa shape index (κ1) is 16.5. The maximum atomic E-state index is 12.7. The summed E-state index contributed by atoms with van der Waals surface area (Å²) in [6, 6.07) is 3.86. The van der Waals surface area contributed by atoms with Crippen molar-refractivity contribution in [2.75, 3.05) is 6.54 Å². The van der Waals surface area contributed by atoms with Gasteiger partial charge in [0.25, 0.3) is 0 Å². The van der Waals surface area contributed by atoms with Crippen LogP contribution in [0.5, 0.6) is 0 Å². The number of benzene rings is 1. The van der Waals surface area contributed by atoms with Gasteiger partial charge in [-0.25, -0.2) is 13.1 Å². The Morgan fingerprint density at radius 1 is 1.24 bits per heavy atom. The first-order valence-electron chi connectivity index (χ1n) is 7.62. The maximum absolute atomic E-state index is 12.7. The second-order valence-electron chi connectivity index (χ2n) is 6.34. The van der Waals surface area contributed by atoms with Crippen LogP contribution in [-0.4, -0.2) is 20.5 Å². The van der Waals surface area contributed by atoms with Crippen molar-refractivity contribution in [3.8, 4) is 0 Å². The average molecular weight is 310 g/mol. The fraction of sp³-hybridized carbons (Fsp3) is 0.625. The van der Waals surface area contributed by atoms with Crippen molar-refractivity contribution in [2.24, 2.45) is 0 Å². The van der Waals surface area contributed by atoms with E-state index in [1.807, 2.05) is 27.7 Å². The van der Waals surface area contributed by atoms with Crippen LogP contribution in [0.1, 0.15) is 49.8 Å². The molecule has 0 aliphatic heterocycles. The Kier molecular flexibility index (Phi) is 4.76. The van der Waals surface area contributed by atoms with Gasteiger partial charge in [0, 0.05) is 12.1 Å². The van der Waals surface area contributed by atoms with Crippen molar-refractivity contribution in [1.29, 1.82) is 0 Å². The lowest BCUT2D eigenvalue weighted by atomic mass is 9.80. The Bertz CT molecular complexity index is 619. The fourth-order valence-corrected chi connectivity index (χ4v) is 4.57. The summed E-state index contributed by atoms with van der Waals surface area (Å²) in [5.41, 5.74) is 2.60. The Hall–Kier alpha value is -0.910. The van der Waals surface area contributed by atoms with Gasteiger partial charge in [-0.1, -0.05) is 13.0 Å². The summed E-state index contributed by atoms with van der Waals surface area (Å²) in [6.07, 6.45) is 2.93. The van der Waals surface area contributed by atoms with Gasteiger partial charge >= 0.3 is 0 Å². The summed E-state index contributed by atoms with van der Waals surface area (Å²) in [4.78, 5) is 0.420. The summed E-state index contributed by atoms with van der Waals surface area (Å²) in [5.74, 6) is 0. The lowest BCUT2D eigenvalue weighted by Gasteiger charge is -2.38. The molecule has 0 radical (unpaired) electrons. The molecule has 21 heavy (non-hydrogen) atoms. The first-order chi connectivity index (χ1) is 9.77. The minimum Gasteiger partial charge on any atom is -0.313 e. The molecule has 1 aliphatic rings. The molecule has 118 valence electrons. The van der Waals surface area contributed by atoms with Crippen LogP contribution in [0, 0.1) is 13.8 Å². The van der Waals surface area contributed by atoms with E-state index < -0.39 is 10.0 Å². The van der Waals surface area contributed by atoms with Crippen molar-refractivity contribution in [2.45, 2.75) is 63.9 Å². The molecule has 0 saturated heterocycles. The van der Waals surface area contributed by atoms with Gasteiger partial charge in [0.05, 0.1) is 4.90 Å². The highest BCUT2D eigenvalue weighted by Crippen LogP contribution is 2.33. The number of nitrogens with one attached hydrogen (secondary N) is 2. The van der Waals surface area contributed by atoms with E-state index in [1.54, 1.807) is 6.07 Å². The summed E-state index contributed by atoms with van der Waals surface area (Å²) in [7, 11) is -3.46. The van der Waals surface area contributed by atoms with Gasteiger partial charge in [0.2, 0.25) is 10.0 Å². The zero-order valence-corrected chi connectivity index (χ0v) is 14.2. The lowest BCUT2D eigenvalue weighted by Crippen LogP contribution is -2.50. The van der Waals surface area contributed by atoms with Crippen molar-refractivity contribution in [3.63, 3.8) is 0 Å². The van der Waals surface area contributed by atoms with Gasteiger partial charge in [0.1, 0.15) is 0 Å². The van der Waals surface area contributed by atoms with Crippen LogP contribution in [0.25, 0.3) is 0 Å². The molecule has 2 rings (SSSR count). The molecule has 1 aliphatic carbocycles. The molecule has 1 aromatic carbocycles. The van der Waals surface area contributed by atoms with E-state index in [4.69, 9.17) is 0 Å². The van der Waals surface area contributed by atoms with Crippen LogP contribution in [0.15, 0.2) is 17.0 Å². The van der Waals surface area contributed by atoms with E-state index in [-0.39, 0.29) is 5.54 Å². The minimum atomic E-state index is -3.46. The predicted molar refractivity (Wildman–Crippen MR) is 85.9 cm³/mol. The molecule has 1 saturated carbocycles. The molecule has 0 amide bonds. The summed E-state index contributed by atoms with van der Waals surface area (Å²) in [6.45, 7) is 9.43. The molecule has 0 spiro atoms. The monoisotopic (exact) mass is 310 g/mol. The van der Waals surface area contributed by atoms with Crippen molar-refractivity contribution in [3.05, 3.63) is 28.8 Å². The SMILES string of the molecule is CCNCc1cc(C)c(C)c(S(=O)(=O)NC2(C)CCC2)c1. The smallest absolute Gasteiger partial charge is 0.241 e. The minimum absolute atomic E-state index is 0.267. The third-order valence-electron chi connectivity index (χ3n) is 4.39. The Labute approximate surface area is 128 Å². The third kappa shape index (κ3) is 3.65. The third-order valence-corrected chi connectivity index (χ3v) is 6.15. The summed E-state index contributed by atoms with van der Waals surface area (Å²) in [5, 5.41) is 3.25. The van der Waals surface area contributed by atoms with E-state index in [0.29, 0.717) is 11.4 Å². The zero-order chi connectivity index (χ0) is 15.7. The van der Waals surface area contributed by atoms with E-state index in [0.717, 1.165) is 42.5 Å². The second-order valence-corrected chi connectivity index (χ2v) is 7.99. The molecule has 4 nitrogen and oxygen atoms in total. The quantitative estimate of drug-likeness (QED) is 0.849. The first-order valence-corrected chi connectivity index (χ1v) is 9.10. The Morgan fingerprint density at radius 2 is 1.90 bits per heavy atom. The highest BCUT2D eigenvalue weighted by atomic mass is 32.2. The standard InChI is InChI=1S/C16H26N2O2S/c1-5-17-11-14-9-12(2)13(3)15(10-14)21(19,20)18-16(4)7-6-8-16/h9-10,17-18H,5-8,11H2,1-4H3. The highest BCUT2D eigenvalue weighted by Gasteiger charge is 2.36. The zero-order valence-electron chi connectivity index (χ0n) is 13.4. The van der Waals surface area contributed by atoms with Crippen LogP contribution in [0.4, 0.5) is 0 Å². The molecule has 0 bridgehead atoms. The Balaban J connectivity index is 2.34. The predicted octanol–water partition coefficient (Wildman–Crippen LogP) is 2.63. The fourth-order valence-electron chi connectivity index (χ4n) is 2.74. The van der Waals surface area contributed by atoms with Gasteiger partial charge in [0.15, 0.2) is 0 Å². The van der Waals surface area contributed by atoms with Crippen LogP contribution >= 0.6 is 0 Å². The number of rotatable bonds is 6. The van der Waals surface area contributed by atoms with Crippen molar-refractivity contribution in [1.82, 2.24) is 10.0 Å². The van der Waals surface area contributed by atoms with E-state index in [1.165, 1.54) is 0 Å². The van der Waals surface area contributed by atoms with Crippen LogP contribution in [0.3, 0.4) is 0 Å². The molecule has 0 unspecified atom stereocenters. The van der Waals surface area contributed by atoms with Crippen molar-refractivity contribution < 1.29 is 8.42 Å². The summed E-state index contributed by atoms with van der Waals surface area (Å²) < 4.78 is 28.3. The number of sulfonamides is 1. The maximum Gasteiger partial charge on any atom is 0.241 e. The van der Waals surface area contributed by atoms with Crippen LogP contribution in [-0.2, 0) is 16.6 Å². The van der Waals surface area contributed by atoms with Gasteiger partial charge in [-0.2, -0.15) is 0 Å². The largest absolute Gasteiger partial charge is 0.313 e. The molecular weight excluding hydrogens is 284 g/mol.